The van der Waals surface area contributed by atoms with Crippen LogP contribution in [0.5, 0.6) is 0 Å². The van der Waals surface area contributed by atoms with Gasteiger partial charge in [-0.05, 0) is 50.5 Å². The van der Waals surface area contributed by atoms with Gasteiger partial charge in [-0.2, -0.15) is 5.10 Å². The molecule has 0 spiro atoms. The quantitative estimate of drug-likeness (QED) is 0.888. The van der Waals surface area contributed by atoms with Crippen LogP contribution in [0.3, 0.4) is 0 Å². The first-order chi connectivity index (χ1) is 12.0. The molecular weight excluding hydrogens is 314 g/mol. The van der Waals surface area contributed by atoms with Crippen molar-refractivity contribution >= 4 is 5.91 Å². The monoisotopic (exact) mass is 347 g/mol. The van der Waals surface area contributed by atoms with E-state index in [1.54, 1.807) is 12.7 Å². The normalized spacial score (nSPS) is 32.3. The number of hydrogen-bond acceptors (Lipinski definition) is 4. The summed E-state index contributed by atoms with van der Waals surface area (Å²) in [7, 11) is 0. The van der Waals surface area contributed by atoms with Crippen molar-refractivity contribution in [2.24, 2.45) is 17.8 Å². The standard InChI is InChI=1S/C19H33N5O/c1-14-6-4-8-18(15(14)2)22-19(25)16(3)23-9-5-7-17(10-23)11-24-13-20-12-21-24/h12-18H,4-11H2,1-3H3,(H,22,25)/t14-,15+,16+,17-,18+/m1/s1. The van der Waals surface area contributed by atoms with Crippen LogP contribution in [-0.2, 0) is 11.3 Å². The molecule has 2 heterocycles. The lowest BCUT2D eigenvalue weighted by molar-refractivity contribution is -0.128. The molecule has 3 rings (SSSR count). The molecule has 6 nitrogen and oxygen atoms in total. The molecule has 2 aliphatic rings. The third-order valence-electron chi connectivity index (χ3n) is 6.42. The summed E-state index contributed by atoms with van der Waals surface area (Å²) >= 11 is 0. The predicted molar refractivity (Wildman–Crippen MR) is 97.9 cm³/mol. The van der Waals surface area contributed by atoms with Crippen LogP contribution in [0, 0.1) is 17.8 Å². The van der Waals surface area contributed by atoms with Gasteiger partial charge >= 0.3 is 0 Å². The van der Waals surface area contributed by atoms with Crippen molar-refractivity contribution in [3.05, 3.63) is 12.7 Å². The van der Waals surface area contributed by atoms with E-state index in [0.29, 0.717) is 23.8 Å². The minimum atomic E-state index is -0.0528. The molecule has 6 heteroatoms. The van der Waals surface area contributed by atoms with E-state index in [9.17, 15) is 4.79 Å². The summed E-state index contributed by atoms with van der Waals surface area (Å²) in [4.78, 5) is 19.2. The van der Waals surface area contributed by atoms with E-state index >= 15 is 0 Å². The highest BCUT2D eigenvalue weighted by Crippen LogP contribution is 2.29. The lowest BCUT2D eigenvalue weighted by atomic mass is 9.78. The lowest BCUT2D eigenvalue weighted by Gasteiger charge is -2.39. The van der Waals surface area contributed by atoms with E-state index in [1.807, 2.05) is 4.68 Å². The van der Waals surface area contributed by atoms with Crippen LogP contribution in [0.4, 0.5) is 0 Å². The third-order valence-corrected chi connectivity index (χ3v) is 6.42. The summed E-state index contributed by atoms with van der Waals surface area (Å²) < 4.78 is 1.91. The van der Waals surface area contributed by atoms with Crippen LogP contribution in [0.15, 0.2) is 12.7 Å². The van der Waals surface area contributed by atoms with Crippen molar-refractivity contribution < 1.29 is 4.79 Å². The number of aromatic nitrogens is 3. The fraction of sp³-hybridized carbons (Fsp3) is 0.842. The minimum Gasteiger partial charge on any atom is -0.352 e. The number of amides is 1. The average Bonchev–Trinajstić information content (AvgIpc) is 3.11. The SMILES string of the molecule is C[C@H]1[C@H](C)CCC[C@@H]1NC(=O)[C@H](C)N1CCC[C@@H](Cn2cncn2)C1. The zero-order valence-electron chi connectivity index (χ0n) is 15.9. The highest BCUT2D eigenvalue weighted by molar-refractivity contribution is 5.81. The third kappa shape index (κ3) is 4.60. The van der Waals surface area contributed by atoms with Gasteiger partial charge in [0.05, 0.1) is 6.04 Å². The van der Waals surface area contributed by atoms with Crippen molar-refractivity contribution in [2.75, 3.05) is 13.1 Å². The summed E-state index contributed by atoms with van der Waals surface area (Å²) in [5.41, 5.74) is 0. The number of nitrogens with one attached hydrogen (secondary N) is 1. The Hall–Kier alpha value is -1.43. The molecule has 5 atom stereocenters. The highest BCUT2D eigenvalue weighted by atomic mass is 16.2. The molecule has 140 valence electrons. The minimum absolute atomic E-state index is 0.0528. The Morgan fingerprint density at radius 3 is 2.88 bits per heavy atom. The maximum Gasteiger partial charge on any atom is 0.237 e. The van der Waals surface area contributed by atoms with E-state index in [-0.39, 0.29) is 11.9 Å². The van der Waals surface area contributed by atoms with E-state index in [1.165, 1.54) is 19.3 Å². The fourth-order valence-corrected chi connectivity index (χ4v) is 4.44. The van der Waals surface area contributed by atoms with Gasteiger partial charge in [0.25, 0.3) is 0 Å². The van der Waals surface area contributed by atoms with Gasteiger partial charge in [0, 0.05) is 19.1 Å². The molecule has 1 saturated carbocycles. The van der Waals surface area contributed by atoms with E-state index < -0.39 is 0 Å². The molecule has 1 amide bonds. The van der Waals surface area contributed by atoms with Crippen LogP contribution < -0.4 is 5.32 Å². The van der Waals surface area contributed by atoms with Crippen molar-refractivity contribution in [2.45, 2.75) is 71.5 Å². The molecule has 1 N–H and O–H groups in total. The van der Waals surface area contributed by atoms with Gasteiger partial charge in [0.1, 0.15) is 12.7 Å². The molecule has 1 aromatic rings. The topological polar surface area (TPSA) is 63.1 Å². The van der Waals surface area contributed by atoms with E-state index in [4.69, 9.17) is 0 Å². The number of hydrogen-bond donors (Lipinski definition) is 1. The van der Waals surface area contributed by atoms with E-state index in [0.717, 1.165) is 32.5 Å². The lowest BCUT2D eigenvalue weighted by Crippen LogP contribution is -2.53. The van der Waals surface area contributed by atoms with Crippen LogP contribution in [0.2, 0.25) is 0 Å². The average molecular weight is 348 g/mol. The smallest absolute Gasteiger partial charge is 0.237 e. The highest BCUT2D eigenvalue weighted by Gasteiger charge is 2.32. The second kappa shape index (κ2) is 8.30. The molecule has 0 radical (unpaired) electrons. The van der Waals surface area contributed by atoms with Gasteiger partial charge in [-0.15, -0.1) is 0 Å². The van der Waals surface area contributed by atoms with Gasteiger partial charge in [-0.25, -0.2) is 4.98 Å². The first kappa shape index (κ1) is 18.4. The first-order valence-corrected chi connectivity index (χ1v) is 9.91. The Balaban J connectivity index is 1.52. The molecule has 1 aliphatic heterocycles. The van der Waals surface area contributed by atoms with Gasteiger partial charge in [0.15, 0.2) is 0 Å². The summed E-state index contributed by atoms with van der Waals surface area (Å²) in [5.74, 6) is 2.02. The van der Waals surface area contributed by atoms with Crippen LogP contribution in [0.1, 0.15) is 52.9 Å². The molecular formula is C19H33N5O. The molecule has 1 saturated heterocycles. The number of likely N-dealkylation sites (tertiary alicyclic amines) is 1. The number of piperidine rings is 1. The number of carbonyl (C=O) groups is 1. The molecule has 0 bridgehead atoms. The summed E-state index contributed by atoms with van der Waals surface area (Å²) in [6.45, 7) is 9.52. The van der Waals surface area contributed by atoms with E-state index in [2.05, 4.69) is 41.1 Å². The van der Waals surface area contributed by atoms with Crippen molar-refractivity contribution in [3.63, 3.8) is 0 Å². The summed E-state index contributed by atoms with van der Waals surface area (Å²) in [6.07, 6.45) is 9.35. The Labute approximate surface area is 151 Å². The largest absolute Gasteiger partial charge is 0.352 e. The summed E-state index contributed by atoms with van der Waals surface area (Å²) in [6, 6.07) is 0.289. The van der Waals surface area contributed by atoms with Gasteiger partial charge < -0.3 is 5.32 Å². The Bertz CT molecular complexity index is 546. The Morgan fingerprint density at radius 1 is 1.28 bits per heavy atom. The predicted octanol–water partition coefficient (Wildman–Crippen LogP) is 2.32. The Morgan fingerprint density at radius 2 is 2.12 bits per heavy atom. The van der Waals surface area contributed by atoms with Crippen LogP contribution in [0.25, 0.3) is 0 Å². The molecule has 25 heavy (non-hydrogen) atoms. The van der Waals surface area contributed by atoms with Gasteiger partial charge in [-0.3, -0.25) is 14.4 Å². The number of rotatable bonds is 5. The second-order valence-electron chi connectivity index (χ2n) is 8.18. The summed E-state index contributed by atoms with van der Waals surface area (Å²) in [5, 5.41) is 7.56. The van der Waals surface area contributed by atoms with Crippen molar-refractivity contribution in [1.82, 2.24) is 25.0 Å². The molecule has 0 aromatic carbocycles. The van der Waals surface area contributed by atoms with Crippen LogP contribution in [-0.4, -0.2) is 50.7 Å². The van der Waals surface area contributed by atoms with Gasteiger partial charge in [0.2, 0.25) is 5.91 Å². The second-order valence-corrected chi connectivity index (χ2v) is 8.18. The molecule has 1 aromatic heterocycles. The number of carbonyl (C=O) groups excluding carboxylic acids is 1. The zero-order chi connectivity index (χ0) is 17.8. The maximum atomic E-state index is 12.8. The maximum absolute atomic E-state index is 12.8. The molecule has 1 aliphatic carbocycles. The fourth-order valence-electron chi connectivity index (χ4n) is 4.44. The molecule has 2 fully saturated rings. The Kier molecular flexibility index (Phi) is 6.10. The zero-order valence-corrected chi connectivity index (χ0v) is 15.9. The first-order valence-electron chi connectivity index (χ1n) is 9.91. The van der Waals surface area contributed by atoms with Crippen molar-refractivity contribution in [3.8, 4) is 0 Å². The number of nitrogens with zero attached hydrogens (tertiary/aromatic N) is 4. The molecule has 0 unspecified atom stereocenters. The van der Waals surface area contributed by atoms with Gasteiger partial charge in [-0.1, -0.05) is 26.7 Å². The van der Waals surface area contributed by atoms with Crippen molar-refractivity contribution in [1.29, 1.82) is 0 Å². The van der Waals surface area contributed by atoms with Crippen LogP contribution >= 0.6 is 0 Å².